The topological polar surface area (TPSA) is 165 Å². The Morgan fingerprint density at radius 2 is 2.13 bits per heavy atom. The summed E-state index contributed by atoms with van der Waals surface area (Å²) >= 11 is 1.18. The first-order chi connectivity index (χ1) is 14.5. The minimum absolute atomic E-state index is 0.0797. The lowest BCUT2D eigenvalue weighted by Gasteiger charge is -2.33. The zero-order chi connectivity index (χ0) is 20.9. The number of fused-ring (bicyclic) bond motifs is 2. The van der Waals surface area contributed by atoms with Crippen LogP contribution in [0.15, 0.2) is 46.9 Å². The molecule has 12 heteroatoms. The third-order valence-electron chi connectivity index (χ3n) is 5.11. The first-order valence-corrected chi connectivity index (χ1v) is 10.0. The van der Waals surface area contributed by atoms with E-state index < -0.39 is 17.9 Å². The highest BCUT2D eigenvalue weighted by Crippen LogP contribution is 2.38. The zero-order valence-electron chi connectivity index (χ0n) is 15.5. The third-order valence-corrected chi connectivity index (χ3v) is 6.13. The molecule has 1 fully saturated rings. The third kappa shape index (κ3) is 2.84. The van der Waals surface area contributed by atoms with Crippen LogP contribution in [0, 0.1) is 0 Å². The minimum Gasteiger partial charge on any atom is -0.388 e. The Hall–Kier alpha value is -3.06. The molecule has 0 saturated carbocycles. The standard InChI is InChI=1S/C18H17N7O4S/c19-14-12-15(21-7-20-14)25(8-22-12)18(13(27)11(26)5-29-18)6-30-17-23-10-4-2-1-3-9(10)16(28)24-17/h1-4,7-8,11,13,26-27H,5-6H2,(H2,19,20,21)(H,23,24,28)/t11-,13+,18-/m1/s1. The number of nitrogen functional groups attached to an aromatic ring is 1. The van der Waals surface area contributed by atoms with E-state index >= 15 is 0 Å². The number of hydrogen-bond donors (Lipinski definition) is 4. The number of H-pyrrole nitrogens is 1. The molecule has 4 heterocycles. The maximum absolute atomic E-state index is 12.4. The second-order valence-corrected chi connectivity index (χ2v) is 7.85. The molecule has 1 saturated heterocycles. The summed E-state index contributed by atoms with van der Waals surface area (Å²) in [7, 11) is 0. The Kier molecular flexibility index (Phi) is 4.43. The summed E-state index contributed by atoms with van der Waals surface area (Å²) in [5, 5.41) is 21.8. The van der Waals surface area contributed by atoms with E-state index in [9.17, 15) is 15.0 Å². The fourth-order valence-electron chi connectivity index (χ4n) is 3.55. The summed E-state index contributed by atoms with van der Waals surface area (Å²) in [6.07, 6.45) is 0.349. The van der Waals surface area contributed by atoms with Gasteiger partial charge in [-0.1, -0.05) is 23.9 Å². The smallest absolute Gasteiger partial charge is 0.259 e. The Bertz CT molecular complexity index is 1310. The van der Waals surface area contributed by atoms with Crippen LogP contribution in [0.25, 0.3) is 22.1 Å². The molecule has 0 unspecified atom stereocenters. The van der Waals surface area contributed by atoms with Gasteiger partial charge in [-0.3, -0.25) is 9.36 Å². The number of para-hydroxylation sites is 1. The monoisotopic (exact) mass is 427 g/mol. The van der Waals surface area contributed by atoms with Gasteiger partial charge in [-0.25, -0.2) is 19.9 Å². The van der Waals surface area contributed by atoms with Crippen LogP contribution in [0.5, 0.6) is 0 Å². The summed E-state index contributed by atoms with van der Waals surface area (Å²) < 4.78 is 7.41. The van der Waals surface area contributed by atoms with Gasteiger partial charge in [0.05, 0.1) is 29.6 Å². The number of aliphatic hydroxyl groups is 2. The molecule has 5 rings (SSSR count). The van der Waals surface area contributed by atoms with Gasteiger partial charge in [0.2, 0.25) is 0 Å². The number of aliphatic hydroxyl groups excluding tert-OH is 2. The number of anilines is 1. The summed E-state index contributed by atoms with van der Waals surface area (Å²) in [6.45, 7) is -0.0797. The molecule has 0 spiro atoms. The van der Waals surface area contributed by atoms with E-state index in [1.54, 1.807) is 24.3 Å². The molecule has 0 bridgehead atoms. The predicted molar refractivity (Wildman–Crippen MR) is 109 cm³/mol. The second kappa shape index (κ2) is 7.02. The summed E-state index contributed by atoms with van der Waals surface area (Å²) in [5.41, 5.74) is 5.48. The maximum atomic E-state index is 12.4. The molecule has 1 aliphatic heterocycles. The zero-order valence-corrected chi connectivity index (χ0v) is 16.3. The first kappa shape index (κ1) is 18.9. The second-order valence-electron chi connectivity index (χ2n) is 6.89. The number of ether oxygens (including phenoxy) is 1. The van der Waals surface area contributed by atoms with Crippen LogP contribution in [0.3, 0.4) is 0 Å². The van der Waals surface area contributed by atoms with Crippen molar-refractivity contribution >= 4 is 39.6 Å². The fourth-order valence-corrected chi connectivity index (χ4v) is 4.61. The number of aromatic nitrogens is 6. The average Bonchev–Trinajstić information content (AvgIpc) is 3.30. The molecule has 4 aromatic rings. The minimum atomic E-state index is -1.40. The molecular weight excluding hydrogens is 410 g/mol. The molecular formula is C18H17N7O4S. The Labute approximate surface area is 173 Å². The van der Waals surface area contributed by atoms with Crippen LogP contribution >= 0.6 is 11.8 Å². The molecule has 1 aromatic carbocycles. The molecule has 0 radical (unpaired) electrons. The number of nitrogens with two attached hydrogens (primary N) is 1. The number of imidazole rings is 1. The van der Waals surface area contributed by atoms with Gasteiger partial charge in [0.25, 0.3) is 5.56 Å². The quantitative estimate of drug-likeness (QED) is 0.254. The number of benzene rings is 1. The molecule has 11 nitrogen and oxygen atoms in total. The van der Waals surface area contributed by atoms with E-state index in [4.69, 9.17) is 10.5 Å². The number of aromatic amines is 1. The number of thioether (sulfide) groups is 1. The number of hydrogen-bond acceptors (Lipinski definition) is 10. The van der Waals surface area contributed by atoms with Gasteiger partial charge in [0, 0.05) is 0 Å². The normalized spacial score (nSPS) is 24.1. The van der Waals surface area contributed by atoms with Crippen LogP contribution < -0.4 is 11.3 Å². The van der Waals surface area contributed by atoms with Crippen molar-refractivity contribution < 1.29 is 14.9 Å². The summed E-state index contributed by atoms with van der Waals surface area (Å²) in [5.74, 6) is 0.303. The van der Waals surface area contributed by atoms with Crippen LogP contribution in [0.2, 0.25) is 0 Å². The Morgan fingerprint density at radius 3 is 2.93 bits per heavy atom. The van der Waals surface area contributed by atoms with E-state index in [0.717, 1.165) is 0 Å². The van der Waals surface area contributed by atoms with E-state index in [1.165, 1.54) is 29.0 Å². The van der Waals surface area contributed by atoms with Gasteiger partial charge in [-0.05, 0) is 12.1 Å². The summed E-state index contributed by atoms with van der Waals surface area (Å²) in [6, 6.07) is 7.01. The van der Waals surface area contributed by atoms with Crippen molar-refractivity contribution in [3.05, 3.63) is 47.3 Å². The van der Waals surface area contributed by atoms with Gasteiger partial charge in [-0.2, -0.15) is 0 Å². The van der Waals surface area contributed by atoms with Crippen molar-refractivity contribution in [1.82, 2.24) is 29.5 Å². The first-order valence-electron chi connectivity index (χ1n) is 9.05. The van der Waals surface area contributed by atoms with E-state index in [2.05, 4.69) is 24.9 Å². The number of nitrogens with zero attached hydrogens (tertiary/aromatic N) is 5. The highest BCUT2D eigenvalue weighted by atomic mass is 32.2. The predicted octanol–water partition coefficient (Wildman–Crippen LogP) is -0.158. The van der Waals surface area contributed by atoms with Crippen molar-refractivity contribution in [2.24, 2.45) is 0 Å². The van der Waals surface area contributed by atoms with Gasteiger partial charge < -0.3 is 25.7 Å². The van der Waals surface area contributed by atoms with E-state index in [1.807, 2.05) is 0 Å². The molecule has 154 valence electrons. The largest absolute Gasteiger partial charge is 0.388 e. The lowest BCUT2D eigenvalue weighted by molar-refractivity contribution is -0.103. The lowest BCUT2D eigenvalue weighted by Crippen LogP contribution is -2.47. The lowest BCUT2D eigenvalue weighted by atomic mass is 10.1. The molecule has 3 atom stereocenters. The average molecular weight is 427 g/mol. The molecule has 0 amide bonds. The van der Waals surface area contributed by atoms with Gasteiger partial charge >= 0.3 is 0 Å². The summed E-state index contributed by atoms with van der Waals surface area (Å²) in [4.78, 5) is 31.9. The van der Waals surface area contributed by atoms with Gasteiger partial charge in [0.15, 0.2) is 22.3 Å². The molecule has 5 N–H and O–H groups in total. The van der Waals surface area contributed by atoms with Crippen LogP contribution in [-0.4, -0.2) is 64.3 Å². The highest BCUT2D eigenvalue weighted by molar-refractivity contribution is 7.99. The molecule has 0 aliphatic carbocycles. The molecule has 3 aromatic heterocycles. The van der Waals surface area contributed by atoms with Crippen molar-refractivity contribution in [3.8, 4) is 0 Å². The van der Waals surface area contributed by atoms with E-state index in [0.29, 0.717) is 27.2 Å². The fraction of sp³-hybridized carbons (Fsp3) is 0.278. The van der Waals surface area contributed by atoms with Crippen molar-refractivity contribution in [2.75, 3.05) is 18.1 Å². The van der Waals surface area contributed by atoms with Crippen LogP contribution in [0.4, 0.5) is 5.82 Å². The highest BCUT2D eigenvalue weighted by Gasteiger charge is 2.51. The van der Waals surface area contributed by atoms with Crippen molar-refractivity contribution in [3.63, 3.8) is 0 Å². The van der Waals surface area contributed by atoms with Crippen LogP contribution in [0.1, 0.15) is 0 Å². The number of rotatable bonds is 4. The Morgan fingerprint density at radius 1 is 1.30 bits per heavy atom. The van der Waals surface area contributed by atoms with Gasteiger partial charge in [0.1, 0.15) is 24.1 Å². The van der Waals surface area contributed by atoms with Crippen molar-refractivity contribution in [2.45, 2.75) is 23.1 Å². The maximum Gasteiger partial charge on any atom is 0.259 e. The van der Waals surface area contributed by atoms with Crippen molar-refractivity contribution in [1.29, 1.82) is 0 Å². The SMILES string of the molecule is Nc1ncnc2c1ncn2[C@]1(CSc2nc3ccccc3c(=O)[nH]2)OC[C@@H](O)[C@@H]1O. The Balaban J connectivity index is 1.56. The number of nitrogens with one attached hydrogen (secondary N) is 1. The molecule has 30 heavy (non-hydrogen) atoms. The van der Waals surface area contributed by atoms with Crippen LogP contribution in [-0.2, 0) is 10.5 Å². The van der Waals surface area contributed by atoms with E-state index in [-0.39, 0.29) is 23.7 Å². The molecule has 1 aliphatic rings. The van der Waals surface area contributed by atoms with Gasteiger partial charge in [-0.15, -0.1) is 0 Å².